The van der Waals surface area contributed by atoms with Crippen LogP contribution in [0.5, 0.6) is 0 Å². The molecule has 0 amide bonds. The monoisotopic (exact) mass is 344 g/mol. The van der Waals surface area contributed by atoms with Crippen molar-refractivity contribution in [1.82, 2.24) is 34.9 Å². The van der Waals surface area contributed by atoms with E-state index in [1.807, 2.05) is 38.0 Å². The second-order valence-corrected chi connectivity index (χ2v) is 6.51. The number of fused-ring (bicyclic) bond motifs is 1. The molecule has 136 valence electrons. The zero-order chi connectivity index (χ0) is 17.6. The number of aryl methyl sites for hydroxylation is 4. The Balaban J connectivity index is 1.38. The molecule has 1 aliphatic rings. The summed E-state index contributed by atoms with van der Waals surface area (Å²) in [6, 6.07) is 0.341. The van der Waals surface area contributed by atoms with E-state index >= 15 is 0 Å². The summed E-state index contributed by atoms with van der Waals surface area (Å²) in [6.07, 6.45) is 8.11. The number of guanidine groups is 1. The van der Waals surface area contributed by atoms with Crippen LogP contribution < -0.4 is 10.6 Å². The SMILES string of the molecule is CN=C(NCCCCn1ccnc1C)NC1CCc2nc(C)nn2C1. The average Bonchev–Trinajstić information content (AvgIpc) is 3.17. The highest BCUT2D eigenvalue weighted by Gasteiger charge is 2.21. The van der Waals surface area contributed by atoms with Crippen LogP contribution in [0, 0.1) is 13.8 Å². The molecule has 1 unspecified atom stereocenters. The van der Waals surface area contributed by atoms with Gasteiger partial charge in [0.2, 0.25) is 0 Å². The molecule has 25 heavy (non-hydrogen) atoms. The van der Waals surface area contributed by atoms with E-state index in [9.17, 15) is 0 Å². The first-order chi connectivity index (χ1) is 12.2. The van der Waals surface area contributed by atoms with Crippen LogP contribution >= 0.6 is 0 Å². The number of aromatic nitrogens is 5. The van der Waals surface area contributed by atoms with Crippen molar-refractivity contribution < 1.29 is 0 Å². The van der Waals surface area contributed by atoms with Crippen LogP contribution in [0.1, 0.15) is 36.7 Å². The van der Waals surface area contributed by atoms with E-state index in [-0.39, 0.29) is 0 Å². The van der Waals surface area contributed by atoms with Crippen LogP contribution in [-0.2, 0) is 19.5 Å². The van der Waals surface area contributed by atoms with Gasteiger partial charge in [-0.15, -0.1) is 0 Å². The molecule has 1 aliphatic heterocycles. The highest BCUT2D eigenvalue weighted by Crippen LogP contribution is 2.12. The lowest BCUT2D eigenvalue weighted by Crippen LogP contribution is -2.47. The van der Waals surface area contributed by atoms with Gasteiger partial charge in [-0.2, -0.15) is 5.10 Å². The van der Waals surface area contributed by atoms with E-state index in [2.05, 4.69) is 35.3 Å². The summed E-state index contributed by atoms with van der Waals surface area (Å²) in [7, 11) is 1.82. The fraction of sp³-hybridized carbons (Fsp3) is 0.647. The molecule has 3 rings (SSSR count). The van der Waals surface area contributed by atoms with E-state index in [1.54, 1.807) is 0 Å². The molecule has 1 atom stereocenters. The fourth-order valence-electron chi connectivity index (χ4n) is 3.19. The lowest BCUT2D eigenvalue weighted by atomic mass is 10.1. The van der Waals surface area contributed by atoms with Gasteiger partial charge in [0.15, 0.2) is 5.96 Å². The predicted octanol–water partition coefficient (Wildman–Crippen LogP) is 1.05. The first-order valence-electron chi connectivity index (χ1n) is 9.01. The summed E-state index contributed by atoms with van der Waals surface area (Å²) in [4.78, 5) is 13.0. The molecule has 0 radical (unpaired) electrons. The Morgan fingerprint density at radius 1 is 1.36 bits per heavy atom. The predicted molar refractivity (Wildman–Crippen MR) is 97.6 cm³/mol. The lowest BCUT2D eigenvalue weighted by molar-refractivity contribution is 0.392. The zero-order valence-corrected chi connectivity index (χ0v) is 15.4. The number of nitrogens with zero attached hydrogens (tertiary/aromatic N) is 6. The quantitative estimate of drug-likeness (QED) is 0.465. The minimum atomic E-state index is 0.341. The molecular weight excluding hydrogens is 316 g/mol. The van der Waals surface area contributed by atoms with E-state index in [4.69, 9.17) is 0 Å². The van der Waals surface area contributed by atoms with Gasteiger partial charge in [-0.05, 0) is 33.1 Å². The molecule has 0 aromatic carbocycles. The summed E-state index contributed by atoms with van der Waals surface area (Å²) < 4.78 is 4.20. The molecule has 0 saturated heterocycles. The van der Waals surface area contributed by atoms with Gasteiger partial charge in [-0.1, -0.05) is 0 Å². The first-order valence-corrected chi connectivity index (χ1v) is 9.01. The maximum Gasteiger partial charge on any atom is 0.191 e. The van der Waals surface area contributed by atoms with Crippen LogP contribution in [0.3, 0.4) is 0 Å². The molecule has 3 heterocycles. The van der Waals surface area contributed by atoms with Gasteiger partial charge in [-0.25, -0.2) is 14.6 Å². The highest BCUT2D eigenvalue weighted by molar-refractivity contribution is 5.79. The van der Waals surface area contributed by atoms with E-state index in [0.717, 1.165) is 68.8 Å². The average molecular weight is 344 g/mol. The van der Waals surface area contributed by atoms with Crippen LogP contribution in [0.4, 0.5) is 0 Å². The lowest BCUT2D eigenvalue weighted by Gasteiger charge is -2.25. The van der Waals surface area contributed by atoms with Crippen molar-refractivity contribution in [2.45, 2.75) is 58.7 Å². The van der Waals surface area contributed by atoms with E-state index < -0.39 is 0 Å². The molecule has 0 aliphatic carbocycles. The van der Waals surface area contributed by atoms with Gasteiger partial charge in [0, 0.05) is 45.0 Å². The summed E-state index contributed by atoms with van der Waals surface area (Å²) in [5.41, 5.74) is 0. The molecule has 0 spiro atoms. The topological polar surface area (TPSA) is 84.9 Å². The Kier molecular flexibility index (Phi) is 5.67. The third kappa shape index (κ3) is 4.58. The maximum absolute atomic E-state index is 4.45. The molecule has 2 aromatic heterocycles. The van der Waals surface area contributed by atoms with Gasteiger partial charge in [-0.3, -0.25) is 4.99 Å². The Morgan fingerprint density at radius 3 is 3.00 bits per heavy atom. The van der Waals surface area contributed by atoms with Gasteiger partial charge in [0.25, 0.3) is 0 Å². The van der Waals surface area contributed by atoms with Crippen molar-refractivity contribution in [3.63, 3.8) is 0 Å². The normalized spacial score (nSPS) is 17.4. The third-order valence-electron chi connectivity index (χ3n) is 4.57. The standard InChI is InChI=1S/C17H28N8/c1-13-21-16-7-6-15(12-25(16)23-13)22-17(18-3)20-8-4-5-10-24-11-9-19-14(24)2/h9,11,15H,4-8,10,12H2,1-3H3,(H2,18,20,22). The summed E-state index contributed by atoms with van der Waals surface area (Å²) in [5, 5.41) is 11.4. The van der Waals surface area contributed by atoms with Crippen LogP contribution in [0.15, 0.2) is 17.4 Å². The Morgan fingerprint density at radius 2 is 2.24 bits per heavy atom. The van der Waals surface area contributed by atoms with Gasteiger partial charge >= 0.3 is 0 Å². The minimum Gasteiger partial charge on any atom is -0.356 e. The molecule has 0 bridgehead atoms. The van der Waals surface area contributed by atoms with E-state index in [1.165, 1.54) is 0 Å². The summed E-state index contributed by atoms with van der Waals surface area (Å²) in [6.45, 7) is 6.75. The maximum atomic E-state index is 4.45. The number of hydrogen-bond acceptors (Lipinski definition) is 4. The van der Waals surface area contributed by atoms with Crippen molar-refractivity contribution in [1.29, 1.82) is 0 Å². The fourth-order valence-corrected chi connectivity index (χ4v) is 3.19. The Hall–Kier alpha value is -2.38. The molecular formula is C17H28N8. The zero-order valence-electron chi connectivity index (χ0n) is 15.4. The minimum absolute atomic E-state index is 0.341. The number of aliphatic imine (C=N–C) groups is 1. The van der Waals surface area contributed by atoms with Crippen molar-refractivity contribution in [3.05, 3.63) is 29.9 Å². The number of hydrogen-bond donors (Lipinski definition) is 2. The molecule has 2 N–H and O–H groups in total. The number of nitrogens with one attached hydrogen (secondary N) is 2. The van der Waals surface area contributed by atoms with E-state index in [0.29, 0.717) is 6.04 Å². The number of rotatable bonds is 6. The molecule has 0 fully saturated rings. The smallest absolute Gasteiger partial charge is 0.191 e. The third-order valence-corrected chi connectivity index (χ3v) is 4.57. The van der Waals surface area contributed by atoms with Crippen molar-refractivity contribution in [3.8, 4) is 0 Å². The molecule has 8 nitrogen and oxygen atoms in total. The van der Waals surface area contributed by atoms with Crippen LogP contribution in [-0.4, -0.2) is 49.9 Å². The van der Waals surface area contributed by atoms with Crippen molar-refractivity contribution in [2.24, 2.45) is 4.99 Å². The molecule has 2 aromatic rings. The first kappa shape index (κ1) is 17.4. The highest BCUT2D eigenvalue weighted by atomic mass is 15.4. The summed E-state index contributed by atoms with van der Waals surface area (Å²) >= 11 is 0. The second-order valence-electron chi connectivity index (χ2n) is 6.51. The van der Waals surface area contributed by atoms with Gasteiger partial charge in [0.05, 0.1) is 6.54 Å². The number of imidazole rings is 1. The molecule has 0 saturated carbocycles. The Labute approximate surface area is 148 Å². The van der Waals surface area contributed by atoms with Gasteiger partial charge in [0.1, 0.15) is 17.5 Å². The number of unbranched alkanes of at least 4 members (excludes halogenated alkanes) is 1. The van der Waals surface area contributed by atoms with Crippen molar-refractivity contribution in [2.75, 3.05) is 13.6 Å². The van der Waals surface area contributed by atoms with Crippen LogP contribution in [0.25, 0.3) is 0 Å². The van der Waals surface area contributed by atoms with Gasteiger partial charge < -0.3 is 15.2 Å². The summed E-state index contributed by atoms with van der Waals surface area (Å²) in [5.74, 6) is 3.88. The Bertz CT molecular complexity index is 714. The largest absolute Gasteiger partial charge is 0.356 e. The van der Waals surface area contributed by atoms with Crippen molar-refractivity contribution >= 4 is 5.96 Å². The van der Waals surface area contributed by atoms with Crippen LogP contribution in [0.2, 0.25) is 0 Å². The second kappa shape index (κ2) is 8.13. The molecule has 8 heteroatoms.